The average Bonchev–Trinajstić information content (AvgIpc) is 2.98. The second-order valence-electron chi connectivity index (χ2n) is 4.54. The summed E-state index contributed by atoms with van der Waals surface area (Å²) in [5.41, 5.74) is 3.99. The summed E-state index contributed by atoms with van der Waals surface area (Å²) in [6, 6.07) is 14.4. The molecule has 0 aliphatic carbocycles. The molecule has 1 heterocycles. The maximum absolute atomic E-state index is 13.0. The molecule has 0 bridgehead atoms. The highest BCUT2D eigenvalue weighted by Gasteiger charge is 2.04. The zero-order valence-electron chi connectivity index (χ0n) is 11.5. The first kappa shape index (κ1) is 13.7. The number of anilines is 1. The molecule has 0 spiro atoms. The van der Waals surface area contributed by atoms with Crippen LogP contribution in [-0.4, -0.2) is 16.0 Å². The molecular weight excluding hydrogens is 285 g/mol. The van der Waals surface area contributed by atoms with Crippen molar-refractivity contribution < 1.29 is 4.39 Å². The molecular formula is C16H14FN3S. The van der Waals surface area contributed by atoms with E-state index in [4.69, 9.17) is 0 Å². The normalized spacial score (nSPS) is 10.6. The van der Waals surface area contributed by atoms with Gasteiger partial charge >= 0.3 is 0 Å². The maximum atomic E-state index is 13.0. The zero-order valence-corrected chi connectivity index (χ0v) is 12.3. The predicted molar refractivity (Wildman–Crippen MR) is 86.1 cm³/mol. The van der Waals surface area contributed by atoms with Gasteiger partial charge in [0.05, 0.1) is 11.9 Å². The highest BCUT2D eigenvalue weighted by Crippen LogP contribution is 2.24. The van der Waals surface area contributed by atoms with E-state index >= 15 is 0 Å². The number of nitrogens with one attached hydrogen (secondary N) is 1. The van der Waals surface area contributed by atoms with Crippen molar-refractivity contribution in [3.8, 4) is 16.8 Å². The van der Waals surface area contributed by atoms with Crippen molar-refractivity contribution in [1.29, 1.82) is 0 Å². The largest absolute Gasteiger partial charge is 0.330 e. The van der Waals surface area contributed by atoms with Crippen molar-refractivity contribution in [2.45, 2.75) is 0 Å². The fraction of sp³-hybridized carbons (Fsp3) is 0.0625. The minimum atomic E-state index is -0.248. The Morgan fingerprint density at radius 2 is 1.90 bits per heavy atom. The lowest BCUT2D eigenvalue weighted by atomic mass is 10.1. The molecule has 0 saturated heterocycles. The van der Waals surface area contributed by atoms with Crippen LogP contribution in [0.15, 0.2) is 60.9 Å². The van der Waals surface area contributed by atoms with Crippen molar-refractivity contribution in [2.75, 3.05) is 11.0 Å². The molecule has 0 atom stereocenters. The molecule has 0 aliphatic rings. The van der Waals surface area contributed by atoms with E-state index in [2.05, 4.69) is 15.9 Å². The number of halogens is 1. The van der Waals surface area contributed by atoms with Crippen LogP contribution in [0.3, 0.4) is 0 Å². The second kappa shape index (κ2) is 6.01. The van der Waals surface area contributed by atoms with Crippen LogP contribution in [0.25, 0.3) is 16.8 Å². The molecule has 0 aliphatic heterocycles. The molecule has 3 rings (SSSR count). The summed E-state index contributed by atoms with van der Waals surface area (Å²) < 4.78 is 17.9. The number of hydrogen-bond acceptors (Lipinski definition) is 3. The van der Waals surface area contributed by atoms with Gasteiger partial charge in [-0.1, -0.05) is 24.1 Å². The van der Waals surface area contributed by atoms with Crippen molar-refractivity contribution in [1.82, 2.24) is 9.78 Å². The van der Waals surface area contributed by atoms with Gasteiger partial charge in [-0.2, -0.15) is 5.10 Å². The van der Waals surface area contributed by atoms with Gasteiger partial charge in [0.2, 0.25) is 0 Å². The minimum Gasteiger partial charge on any atom is -0.330 e. The van der Waals surface area contributed by atoms with E-state index in [1.807, 2.05) is 36.8 Å². The number of hydrogen-bond donors (Lipinski definition) is 1. The predicted octanol–water partition coefficient (Wildman–Crippen LogP) is 4.37. The van der Waals surface area contributed by atoms with Crippen molar-refractivity contribution >= 4 is 17.6 Å². The fourth-order valence-corrected chi connectivity index (χ4v) is 2.45. The number of aromatic nitrogens is 2. The molecule has 0 radical (unpaired) electrons. The molecule has 0 amide bonds. The summed E-state index contributed by atoms with van der Waals surface area (Å²) in [6.07, 6.45) is 5.73. The summed E-state index contributed by atoms with van der Waals surface area (Å²) in [5, 5.41) is 4.34. The lowest BCUT2D eigenvalue weighted by molar-refractivity contribution is 0.627. The first-order valence-corrected chi connectivity index (χ1v) is 7.69. The zero-order chi connectivity index (χ0) is 14.7. The van der Waals surface area contributed by atoms with Gasteiger partial charge in [-0.3, -0.25) is 0 Å². The Kier molecular flexibility index (Phi) is 3.92. The molecule has 0 saturated carbocycles. The quantitative estimate of drug-likeness (QED) is 0.726. The molecule has 3 aromatic rings. The van der Waals surface area contributed by atoms with Crippen LogP contribution in [0.2, 0.25) is 0 Å². The van der Waals surface area contributed by atoms with Crippen LogP contribution in [-0.2, 0) is 0 Å². The summed E-state index contributed by atoms with van der Waals surface area (Å²) in [4.78, 5) is 0. The fourth-order valence-electron chi connectivity index (χ4n) is 2.09. The topological polar surface area (TPSA) is 29.9 Å². The van der Waals surface area contributed by atoms with Gasteiger partial charge in [0.1, 0.15) is 5.82 Å². The first-order valence-electron chi connectivity index (χ1n) is 6.46. The molecule has 2 aromatic carbocycles. The third-order valence-corrected chi connectivity index (χ3v) is 3.53. The van der Waals surface area contributed by atoms with E-state index in [1.165, 1.54) is 12.1 Å². The van der Waals surface area contributed by atoms with Crippen LogP contribution in [0.1, 0.15) is 0 Å². The van der Waals surface area contributed by atoms with Gasteiger partial charge in [0.15, 0.2) is 0 Å². The Hall–Kier alpha value is -2.27. The highest BCUT2D eigenvalue weighted by molar-refractivity contribution is 7.99. The molecule has 0 unspecified atom stereocenters. The third-order valence-electron chi connectivity index (χ3n) is 3.09. The van der Waals surface area contributed by atoms with Crippen molar-refractivity contribution in [3.05, 3.63) is 66.7 Å². The van der Waals surface area contributed by atoms with Crippen LogP contribution < -0.4 is 4.72 Å². The van der Waals surface area contributed by atoms with Crippen LogP contribution >= 0.6 is 11.9 Å². The van der Waals surface area contributed by atoms with Gasteiger partial charge in [-0.05, 0) is 42.0 Å². The van der Waals surface area contributed by atoms with E-state index in [9.17, 15) is 4.39 Å². The van der Waals surface area contributed by atoms with Crippen LogP contribution in [0.4, 0.5) is 10.1 Å². The van der Waals surface area contributed by atoms with Gasteiger partial charge in [0, 0.05) is 23.7 Å². The number of rotatable bonds is 4. The van der Waals surface area contributed by atoms with Crippen molar-refractivity contribution in [2.24, 2.45) is 0 Å². The monoisotopic (exact) mass is 299 g/mol. The average molecular weight is 299 g/mol. The summed E-state index contributed by atoms with van der Waals surface area (Å²) in [5.74, 6) is -0.248. The lowest BCUT2D eigenvalue weighted by Crippen LogP contribution is -1.93. The van der Waals surface area contributed by atoms with E-state index in [-0.39, 0.29) is 5.82 Å². The van der Waals surface area contributed by atoms with E-state index in [1.54, 1.807) is 28.8 Å². The number of benzene rings is 2. The van der Waals surface area contributed by atoms with Crippen LogP contribution in [0.5, 0.6) is 0 Å². The van der Waals surface area contributed by atoms with E-state index in [0.717, 1.165) is 22.5 Å². The summed E-state index contributed by atoms with van der Waals surface area (Å²) in [7, 11) is 0. The Labute approximate surface area is 126 Å². The summed E-state index contributed by atoms with van der Waals surface area (Å²) >= 11 is 1.56. The maximum Gasteiger partial charge on any atom is 0.123 e. The Morgan fingerprint density at radius 3 is 2.67 bits per heavy atom. The Bertz CT molecular complexity index is 737. The number of nitrogens with zero attached hydrogens (tertiary/aromatic N) is 2. The lowest BCUT2D eigenvalue weighted by Gasteiger charge is -2.04. The molecule has 0 fully saturated rings. The van der Waals surface area contributed by atoms with Gasteiger partial charge < -0.3 is 4.72 Å². The second-order valence-corrected chi connectivity index (χ2v) is 5.15. The molecule has 5 heteroatoms. The highest BCUT2D eigenvalue weighted by atomic mass is 32.2. The standard InChI is InChI=1S/C16H14FN3S/c1-21-19-15-4-2-3-12(9-15)13-10-18-20(11-13)16-7-5-14(17)6-8-16/h2-11,19H,1H3. The molecule has 1 aromatic heterocycles. The van der Waals surface area contributed by atoms with Gasteiger partial charge in [0.25, 0.3) is 0 Å². The molecule has 3 nitrogen and oxygen atoms in total. The molecule has 1 N–H and O–H groups in total. The molecule has 21 heavy (non-hydrogen) atoms. The van der Waals surface area contributed by atoms with Crippen molar-refractivity contribution in [3.63, 3.8) is 0 Å². The Balaban J connectivity index is 1.91. The Morgan fingerprint density at radius 1 is 1.10 bits per heavy atom. The van der Waals surface area contributed by atoms with E-state index in [0.29, 0.717) is 0 Å². The van der Waals surface area contributed by atoms with E-state index < -0.39 is 0 Å². The van der Waals surface area contributed by atoms with Gasteiger partial charge in [-0.25, -0.2) is 9.07 Å². The minimum absolute atomic E-state index is 0.248. The third kappa shape index (κ3) is 3.08. The first-order chi connectivity index (χ1) is 10.3. The van der Waals surface area contributed by atoms with Gasteiger partial charge in [-0.15, -0.1) is 0 Å². The molecule has 106 valence electrons. The summed E-state index contributed by atoms with van der Waals surface area (Å²) in [6.45, 7) is 0. The SMILES string of the molecule is CSNc1cccc(-c2cnn(-c3ccc(F)cc3)c2)c1. The van der Waals surface area contributed by atoms with Crippen LogP contribution in [0, 0.1) is 5.82 Å². The smallest absolute Gasteiger partial charge is 0.123 e.